The molecule has 2 atom stereocenters. The first-order chi connectivity index (χ1) is 13.6. The molecule has 0 radical (unpaired) electrons. The van der Waals surface area contributed by atoms with Crippen molar-refractivity contribution < 1.29 is 4.79 Å². The molecule has 0 spiro atoms. The molecule has 1 aromatic carbocycles. The number of hydrogen-bond acceptors (Lipinski definition) is 3. The normalized spacial score (nSPS) is 22.6. The van der Waals surface area contributed by atoms with E-state index in [-0.39, 0.29) is 5.91 Å². The molecule has 3 heterocycles. The number of carbonyl (C=O) groups is 1. The Morgan fingerprint density at radius 2 is 2.00 bits per heavy atom. The van der Waals surface area contributed by atoms with Crippen molar-refractivity contribution in [1.82, 2.24) is 20.4 Å². The number of H-pyrrole nitrogens is 1. The van der Waals surface area contributed by atoms with E-state index in [2.05, 4.69) is 20.4 Å². The Morgan fingerprint density at radius 3 is 2.82 bits per heavy atom. The molecule has 1 aromatic heterocycles. The molecule has 2 saturated heterocycles. The lowest BCUT2D eigenvalue weighted by Gasteiger charge is -2.44. The number of rotatable bonds is 5. The van der Waals surface area contributed by atoms with Crippen LogP contribution in [0.25, 0.3) is 11.3 Å². The van der Waals surface area contributed by atoms with Gasteiger partial charge in [0.15, 0.2) is 0 Å². The molecule has 28 heavy (non-hydrogen) atoms. The highest BCUT2D eigenvalue weighted by atomic mass is 35.5. The van der Waals surface area contributed by atoms with Gasteiger partial charge in [-0.3, -0.25) is 9.89 Å². The fraction of sp³-hybridized carbons (Fsp3) is 0.545. The molecular formula is C22H29ClN4O. The topological polar surface area (TPSA) is 61.0 Å². The fourth-order valence-electron chi connectivity index (χ4n) is 4.80. The number of carbonyl (C=O) groups excluding carboxylic acids is 1. The van der Waals surface area contributed by atoms with Crippen molar-refractivity contribution in [1.29, 1.82) is 0 Å². The smallest absolute Gasteiger partial charge is 0.224 e. The number of nitrogens with zero attached hydrogens (tertiary/aromatic N) is 2. The second-order valence-electron chi connectivity index (χ2n) is 8.16. The number of aromatic nitrogens is 2. The Kier molecular flexibility index (Phi) is 6.02. The van der Waals surface area contributed by atoms with Gasteiger partial charge in [0, 0.05) is 34.4 Å². The van der Waals surface area contributed by atoms with E-state index < -0.39 is 0 Å². The molecule has 0 saturated carbocycles. The first-order valence-electron chi connectivity index (χ1n) is 10.4. The van der Waals surface area contributed by atoms with Crippen molar-refractivity contribution in [3.05, 3.63) is 40.5 Å². The molecule has 2 N–H and O–H groups in total. The zero-order valence-corrected chi connectivity index (χ0v) is 17.3. The summed E-state index contributed by atoms with van der Waals surface area (Å²) in [4.78, 5) is 15.4. The second-order valence-corrected chi connectivity index (χ2v) is 8.60. The SMILES string of the molecule is Cc1[nH]nc(-c2ccc(Cl)cc2)c1CC(=O)NCC1CCCN2CCCCC12. The number of hydrogen-bond donors (Lipinski definition) is 2. The van der Waals surface area contributed by atoms with Crippen molar-refractivity contribution >= 4 is 17.5 Å². The minimum Gasteiger partial charge on any atom is -0.355 e. The van der Waals surface area contributed by atoms with Gasteiger partial charge in [-0.15, -0.1) is 0 Å². The highest BCUT2D eigenvalue weighted by Gasteiger charge is 2.33. The predicted molar refractivity (Wildman–Crippen MR) is 112 cm³/mol. The number of aryl methyl sites for hydroxylation is 1. The summed E-state index contributed by atoms with van der Waals surface area (Å²) < 4.78 is 0. The van der Waals surface area contributed by atoms with Crippen LogP contribution in [0, 0.1) is 12.8 Å². The number of piperidine rings is 2. The van der Waals surface area contributed by atoms with Crippen LogP contribution in [-0.2, 0) is 11.2 Å². The molecule has 6 heteroatoms. The third-order valence-corrected chi connectivity index (χ3v) is 6.57. The van der Waals surface area contributed by atoms with Gasteiger partial charge in [-0.1, -0.05) is 30.2 Å². The number of benzene rings is 1. The van der Waals surface area contributed by atoms with Crippen LogP contribution in [0.3, 0.4) is 0 Å². The van der Waals surface area contributed by atoms with Crippen molar-refractivity contribution in [2.75, 3.05) is 19.6 Å². The van der Waals surface area contributed by atoms with E-state index >= 15 is 0 Å². The molecule has 2 fully saturated rings. The van der Waals surface area contributed by atoms with E-state index in [4.69, 9.17) is 11.6 Å². The number of nitrogens with one attached hydrogen (secondary N) is 2. The molecule has 5 nitrogen and oxygen atoms in total. The van der Waals surface area contributed by atoms with E-state index in [1.165, 1.54) is 45.2 Å². The standard InChI is InChI=1S/C22H29ClN4O/c1-15-19(22(26-25-15)16-7-9-18(23)10-8-16)13-21(28)24-14-17-5-4-12-27-11-3-2-6-20(17)27/h7-10,17,20H,2-6,11-14H2,1H3,(H,24,28)(H,25,26). The maximum atomic E-state index is 12.7. The Morgan fingerprint density at radius 1 is 1.21 bits per heavy atom. The Balaban J connectivity index is 1.39. The molecule has 0 aliphatic carbocycles. The first kappa shape index (κ1) is 19.5. The van der Waals surface area contributed by atoms with E-state index in [9.17, 15) is 4.79 Å². The summed E-state index contributed by atoms with van der Waals surface area (Å²) in [5.41, 5.74) is 3.71. The zero-order valence-electron chi connectivity index (χ0n) is 16.5. The van der Waals surface area contributed by atoms with Gasteiger partial charge in [0.05, 0.1) is 12.1 Å². The van der Waals surface area contributed by atoms with Gasteiger partial charge in [0.2, 0.25) is 5.91 Å². The van der Waals surface area contributed by atoms with Crippen molar-refractivity contribution in [2.45, 2.75) is 51.5 Å². The Labute approximate surface area is 171 Å². The van der Waals surface area contributed by atoms with E-state index in [1.807, 2.05) is 31.2 Å². The molecule has 4 rings (SSSR count). The summed E-state index contributed by atoms with van der Waals surface area (Å²) in [6, 6.07) is 8.24. The minimum absolute atomic E-state index is 0.0765. The quantitative estimate of drug-likeness (QED) is 0.798. The molecule has 2 aromatic rings. The zero-order chi connectivity index (χ0) is 19.5. The van der Waals surface area contributed by atoms with Crippen molar-refractivity contribution in [2.24, 2.45) is 5.92 Å². The van der Waals surface area contributed by atoms with Crippen LogP contribution < -0.4 is 5.32 Å². The number of halogens is 1. The number of aromatic amines is 1. The van der Waals surface area contributed by atoms with Crippen LogP contribution in [0.4, 0.5) is 0 Å². The largest absolute Gasteiger partial charge is 0.355 e. The lowest BCUT2D eigenvalue weighted by Crippen LogP contribution is -2.51. The first-order valence-corrected chi connectivity index (χ1v) is 10.8. The third-order valence-electron chi connectivity index (χ3n) is 6.32. The van der Waals surface area contributed by atoms with Crippen LogP contribution in [0.5, 0.6) is 0 Å². The van der Waals surface area contributed by atoms with Crippen LogP contribution in [0.15, 0.2) is 24.3 Å². The number of fused-ring (bicyclic) bond motifs is 1. The van der Waals surface area contributed by atoms with Crippen LogP contribution >= 0.6 is 11.6 Å². The van der Waals surface area contributed by atoms with Gasteiger partial charge in [0.1, 0.15) is 0 Å². The lowest BCUT2D eigenvalue weighted by atomic mass is 9.83. The molecule has 1 amide bonds. The van der Waals surface area contributed by atoms with E-state index in [0.717, 1.165) is 29.1 Å². The van der Waals surface area contributed by atoms with Crippen LogP contribution in [0.2, 0.25) is 5.02 Å². The molecular weight excluding hydrogens is 372 g/mol. The average Bonchev–Trinajstić information content (AvgIpc) is 3.07. The summed E-state index contributed by atoms with van der Waals surface area (Å²) in [6.45, 7) is 5.21. The second kappa shape index (κ2) is 8.66. The summed E-state index contributed by atoms with van der Waals surface area (Å²) in [5, 5.41) is 11.4. The predicted octanol–water partition coefficient (Wildman–Crippen LogP) is 3.96. The highest BCUT2D eigenvalue weighted by molar-refractivity contribution is 6.30. The third kappa shape index (κ3) is 4.26. The summed E-state index contributed by atoms with van der Waals surface area (Å²) in [6.07, 6.45) is 6.75. The Hall–Kier alpha value is -1.85. The van der Waals surface area contributed by atoms with Gasteiger partial charge in [0.25, 0.3) is 0 Å². The van der Waals surface area contributed by atoms with Gasteiger partial charge < -0.3 is 10.2 Å². The lowest BCUT2D eigenvalue weighted by molar-refractivity contribution is -0.120. The van der Waals surface area contributed by atoms with E-state index in [0.29, 0.717) is 23.4 Å². The molecule has 0 bridgehead atoms. The fourth-order valence-corrected chi connectivity index (χ4v) is 4.92. The van der Waals surface area contributed by atoms with Gasteiger partial charge >= 0.3 is 0 Å². The van der Waals surface area contributed by atoms with Gasteiger partial charge in [-0.2, -0.15) is 5.10 Å². The monoisotopic (exact) mass is 400 g/mol. The molecule has 2 aliphatic heterocycles. The Bertz CT molecular complexity index is 814. The number of amides is 1. The molecule has 150 valence electrons. The van der Waals surface area contributed by atoms with Crippen molar-refractivity contribution in [3.63, 3.8) is 0 Å². The van der Waals surface area contributed by atoms with Crippen LogP contribution in [-0.4, -0.2) is 46.7 Å². The maximum absolute atomic E-state index is 12.7. The molecule has 2 unspecified atom stereocenters. The van der Waals surface area contributed by atoms with Crippen molar-refractivity contribution in [3.8, 4) is 11.3 Å². The summed E-state index contributed by atoms with van der Waals surface area (Å²) in [5.74, 6) is 0.659. The van der Waals surface area contributed by atoms with E-state index in [1.54, 1.807) is 0 Å². The van der Waals surface area contributed by atoms with Crippen LogP contribution in [0.1, 0.15) is 43.4 Å². The minimum atomic E-state index is 0.0765. The van der Waals surface area contributed by atoms with Gasteiger partial charge in [-0.25, -0.2) is 0 Å². The average molecular weight is 401 g/mol. The maximum Gasteiger partial charge on any atom is 0.224 e. The molecule has 2 aliphatic rings. The summed E-state index contributed by atoms with van der Waals surface area (Å²) in [7, 11) is 0. The summed E-state index contributed by atoms with van der Waals surface area (Å²) >= 11 is 6.00. The highest BCUT2D eigenvalue weighted by Crippen LogP contribution is 2.30. The van der Waals surface area contributed by atoms with Gasteiger partial charge in [-0.05, 0) is 63.7 Å².